The molecule has 0 aliphatic heterocycles. The van der Waals surface area contributed by atoms with Crippen molar-refractivity contribution in [2.24, 2.45) is 0 Å². The summed E-state index contributed by atoms with van der Waals surface area (Å²) in [6.45, 7) is 5.11. The van der Waals surface area contributed by atoms with Gasteiger partial charge in [-0.3, -0.25) is 0 Å². The number of rotatable bonds is 5. The first-order chi connectivity index (χ1) is 6.22. The van der Waals surface area contributed by atoms with Gasteiger partial charge in [0.15, 0.2) is 5.22 Å². The SMILES string of the molecule is CCCC(C)NCc1ccc(Cl)o1. The minimum atomic E-state index is 0.458. The average molecular weight is 202 g/mol. The van der Waals surface area contributed by atoms with Gasteiger partial charge in [0.25, 0.3) is 0 Å². The molecule has 3 heteroatoms. The summed E-state index contributed by atoms with van der Waals surface area (Å²) in [5.74, 6) is 0.896. The lowest BCUT2D eigenvalue weighted by Crippen LogP contribution is -2.24. The van der Waals surface area contributed by atoms with E-state index in [4.69, 9.17) is 16.0 Å². The number of halogens is 1. The maximum Gasteiger partial charge on any atom is 0.193 e. The Morgan fingerprint density at radius 3 is 2.85 bits per heavy atom. The Bertz CT molecular complexity index is 247. The third kappa shape index (κ3) is 3.83. The maximum absolute atomic E-state index is 5.64. The Hall–Kier alpha value is -0.470. The van der Waals surface area contributed by atoms with Gasteiger partial charge in [-0.2, -0.15) is 0 Å². The topological polar surface area (TPSA) is 25.2 Å². The molecule has 0 fully saturated rings. The van der Waals surface area contributed by atoms with Crippen molar-refractivity contribution < 1.29 is 4.42 Å². The smallest absolute Gasteiger partial charge is 0.193 e. The molecule has 0 radical (unpaired) electrons. The van der Waals surface area contributed by atoms with Gasteiger partial charge in [0.2, 0.25) is 0 Å². The zero-order valence-corrected chi connectivity index (χ0v) is 8.90. The van der Waals surface area contributed by atoms with E-state index in [1.54, 1.807) is 6.07 Å². The van der Waals surface area contributed by atoms with Crippen LogP contribution in [0, 0.1) is 0 Å². The highest BCUT2D eigenvalue weighted by molar-refractivity contribution is 6.28. The van der Waals surface area contributed by atoms with Crippen LogP contribution in [0.4, 0.5) is 0 Å². The third-order valence-electron chi connectivity index (χ3n) is 1.98. The van der Waals surface area contributed by atoms with Crippen LogP contribution in [-0.2, 0) is 6.54 Å². The molecule has 0 bridgehead atoms. The summed E-state index contributed by atoms with van der Waals surface area (Å²) in [7, 11) is 0. The van der Waals surface area contributed by atoms with Gasteiger partial charge in [-0.05, 0) is 37.1 Å². The van der Waals surface area contributed by atoms with Crippen LogP contribution in [0.1, 0.15) is 32.4 Å². The molecular formula is C10H16ClNO. The van der Waals surface area contributed by atoms with Crippen LogP contribution in [0.2, 0.25) is 5.22 Å². The van der Waals surface area contributed by atoms with Gasteiger partial charge in [-0.15, -0.1) is 0 Å². The lowest BCUT2D eigenvalue weighted by Gasteiger charge is -2.10. The average Bonchev–Trinajstić information content (AvgIpc) is 2.49. The third-order valence-corrected chi connectivity index (χ3v) is 2.18. The number of nitrogens with one attached hydrogen (secondary N) is 1. The molecule has 13 heavy (non-hydrogen) atoms. The van der Waals surface area contributed by atoms with Gasteiger partial charge >= 0.3 is 0 Å². The monoisotopic (exact) mass is 201 g/mol. The van der Waals surface area contributed by atoms with Crippen molar-refractivity contribution in [3.8, 4) is 0 Å². The molecule has 0 saturated heterocycles. The molecule has 1 heterocycles. The second kappa shape index (κ2) is 5.30. The molecular weight excluding hydrogens is 186 g/mol. The molecule has 0 aliphatic carbocycles. The lowest BCUT2D eigenvalue weighted by atomic mass is 10.2. The van der Waals surface area contributed by atoms with E-state index in [2.05, 4.69) is 19.2 Å². The van der Waals surface area contributed by atoms with E-state index < -0.39 is 0 Å². The fourth-order valence-corrected chi connectivity index (χ4v) is 1.42. The van der Waals surface area contributed by atoms with Gasteiger partial charge in [-0.25, -0.2) is 0 Å². The van der Waals surface area contributed by atoms with Gasteiger partial charge < -0.3 is 9.73 Å². The molecule has 1 aromatic heterocycles. The van der Waals surface area contributed by atoms with Gasteiger partial charge in [0.1, 0.15) is 5.76 Å². The Balaban J connectivity index is 2.26. The zero-order valence-electron chi connectivity index (χ0n) is 8.14. The molecule has 1 aromatic rings. The largest absolute Gasteiger partial charge is 0.448 e. The van der Waals surface area contributed by atoms with E-state index >= 15 is 0 Å². The minimum absolute atomic E-state index is 0.458. The number of hydrogen-bond donors (Lipinski definition) is 1. The van der Waals surface area contributed by atoms with Crippen LogP contribution in [0.3, 0.4) is 0 Å². The zero-order chi connectivity index (χ0) is 9.68. The lowest BCUT2D eigenvalue weighted by molar-refractivity contribution is 0.442. The maximum atomic E-state index is 5.64. The molecule has 0 aliphatic rings. The second-order valence-electron chi connectivity index (χ2n) is 3.28. The number of hydrogen-bond acceptors (Lipinski definition) is 2. The Morgan fingerprint density at radius 2 is 2.31 bits per heavy atom. The van der Waals surface area contributed by atoms with Crippen molar-refractivity contribution in [1.82, 2.24) is 5.32 Å². The molecule has 2 nitrogen and oxygen atoms in total. The standard InChI is InChI=1S/C10H16ClNO/c1-3-4-8(2)12-7-9-5-6-10(11)13-9/h5-6,8,12H,3-4,7H2,1-2H3. The quantitative estimate of drug-likeness (QED) is 0.792. The normalized spacial score (nSPS) is 13.2. The van der Waals surface area contributed by atoms with E-state index in [0.29, 0.717) is 11.3 Å². The Labute approximate surface area is 84.3 Å². The summed E-state index contributed by atoms with van der Waals surface area (Å²) in [6.07, 6.45) is 2.39. The van der Waals surface area contributed by atoms with E-state index in [1.165, 1.54) is 12.8 Å². The van der Waals surface area contributed by atoms with E-state index in [0.717, 1.165) is 12.3 Å². The first kappa shape index (κ1) is 10.6. The summed E-state index contributed by atoms with van der Waals surface area (Å²) in [5, 5.41) is 3.82. The fourth-order valence-electron chi connectivity index (χ4n) is 1.26. The second-order valence-corrected chi connectivity index (χ2v) is 3.65. The van der Waals surface area contributed by atoms with Crippen molar-refractivity contribution in [2.75, 3.05) is 0 Å². The summed E-state index contributed by atoms with van der Waals surface area (Å²) < 4.78 is 5.21. The molecule has 1 rings (SSSR count). The summed E-state index contributed by atoms with van der Waals surface area (Å²) in [4.78, 5) is 0. The summed E-state index contributed by atoms with van der Waals surface area (Å²) >= 11 is 5.64. The summed E-state index contributed by atoms with van der Waals surface area (Å²) in [5.41, 5.74) is 0. The van der Waals surface area contributed by atoms with E-state index in [-0.39, 0.29) is 0 Å². The Kier molecular flexibility index (Phi) is 4.33. The fraction of sp³-hybridized carbons (Fsp3) is 0.600. The molecule has 1 atom stereocenters. The Morgan fingerprint density at radius 1 is 1.54 bits per heavy atom. The number of furan rings is 1. The first-order valence-electron chi connectivity index (χ1n) is 4.70. The van der Waals surface area contributed by atoms with Gasteiger partial charge in [0.05, 0.1) is 6.54 Å². The van der Waals surface area contributed by atoms with Crippen molar-refractivity contribution in [3.05, 3.63) is 23.1 Å². The highest BCUT2D eigenvalue weighted by Gasteiger charge is 2.02. The van der Waals surface area contributed by atoms with Gasteiger partial charge in [0, 0.05) is 6.04 Å². The van der Waals surface area contributed by atoms with E-state index in [9.17, 15) is 0 Å². The molecule has 0 amide bonds. The summed E-state index contributed by atoms with van der Waals surface area (Å²) in [6, 6.07) is 4.20. The van der Waals surface area contributed by atoms with Crippen LogP contribution < -0.4 is 5.32 Å². The molecule has 1 N–H and O–H groups in total. The highest BCUT2D eigenvalue weighted by Crippen LogP contribution is 2.12. The van der Waals surface area contributed by atoms with Crippen molar-refractivity contribution >= 4 is 11.6 Å². The highest BCUT2D eigenvalue weighted by atomic mass is 35.5. The van der Waals surface area contributed by atoms with Crippen LogP contribution >= 0.6 is 11.6 Å². The van der Waals surface area contributed by atoms with Crippen molar-refractivity contribution in [2.45, 2.75) is 39.3 Å². The van der Waals surface area contributed by atoms with Gasteiger partial charge in [-0.1, -0.05) is 13.3 Å². The van der Waals surface area contributed by atoms with E-state index in [1.807, 2.05) is 6.07 Å². The van der Waals surface area contributed by atoms with Crippen LogP contribution in [0.5, 0.6) is 0 Å². The van der Waals surface area contributed by atoms with Crippen molar-refractivity contribution in [3.63, 3.8) is 0 Å². The predicted octanol–water partition coefficient (Wildman–Crippen LogP) is 3.21. The molecule has 74 valence electrons. The van der Waals surface area contributed by atoms with Crippen molar-refractivity contribution in [1.29, 1.82) is 0 Å². The predicted molar refractivity (Wildman–Crippen MR) is 54.9 cm³/mol. The first-order valence-corrected chi connectivity index (χ1v) is 5.07. The van der Waals surface area contributed by atoms with Crippen LogP contribution in [0.25, 0.3) is 0 Å². The van der Waals surface area contributed by atoms with Crippen LogP contribution in [-0.4, -0.2) is 6.04 Å². The molecule has 0 saturated carbocycles. The molecule has 1 unspecified atom stereocenters. The van der Waals surface area contributed by atoms with Crippen LogP contribution in [0.15, 0.2) is 16.5 Å². The molecule has 0 spiro atoms. The molecule has 0 aromatic carbocycles. The minimum Gasteiger partial charge on any atom is -0.448 e.